The van der Waals surface area contributed by atoms with Gasteiger partial charge in [0.25, 0.3) is 11.8 Å². The van der Waals surface area contributed by atoms with Gasteiger partial charge in [0.1, 0.15) is 22.9 Å². The fourth-order valence-corrected chi connectivity index (χ4v) is 3.73. The highest BCUT2D eigenvalue weighted by Gasteiger charge is 2.36. The van der Waals surface area contributed by atoms with E-state index in [1.165, 1.54) is 25.1 Å². The summed E-state index contributed by atoms with van der Waals surface area (Å²) in [6.07, 6.45) is -2.45. The molecule has 15 heteroatoms. The number of nitrogens with zero attached hydrogens (tertiary/aromatic N) is 2. The molecule has 1 aromatic heterocycles. The zero-order valence-corrected chi connectivity index (χ0v) is 23.1. The van der Waals surface area contributed by atoms with Crippen LogP contribution in [0.2, 0.25) is 0 Å². The van der Waals surface area contributed by atoms with Gasteiger partial charge in [-0.15, -0.1) is 0 Å². The monoisotopic (exact) mass is 578 g/mol. The molecule has 0 spiro atoms. The molecule has 0 saturated heterocycles. The van der Waals surface area contributed by atoms with E-state index in [2.05, 4.69) is 20.6 Å². The van der Waals surface area contributed by atoms with Gasteiger partial charge >= 0.3 is 12.0 Å². The van der Waals surface area contributed by atoms with Crippen LogP contribution in [-0.4, -0.2) is 56.6 Å². The number of amides is 1. The Bertz CT molecular complexity index is 1570. The average molecular weight is 579 g/mol. The second-order valence-corrected chi connectivity index (χ2v) is 10.2. The molecule has 42 heavy (non-hydrogen) atoms. The molecule has 9 N–H and O–H groups in total. The smallest absolute Gasteiger partial charge is 0.339 e. The molecule has 1 amide bonds. The highest BCUT2D eigenvalue weighted by Crippen LogP contribution is 2.40. The van der Waals surface area contributed by atoms with Crippen LogP contribution >= 0.6 is 0 Å². The van der Waals surface area contributed by atoms with Crippen molar-refractivity contribution in [3.8, 4) is 29.3 Å². The number of nitrogen functional groups attached to an aromatic ring is 1. The topological polar surface area (TPSA) is 241 Å². The number of benzene rings is 2. The number of ether oxygens (including phenoxy) is 4. The van der Waals surface area contributed by atoms with E-state index in [4.69, 9.17) is 41.2 Å². The van der Waals surface area contributed by atoms with Gasteiger partial charge in [0.2, 0.25) is 12.0 Å². The number of fused-ring (bicyclic) bond motifs is 1. The van der Waals surface area contributed by atoms with Gasteiger partial charge in [-0.3, -0.25) is 15.6 Å². The third kappa shape index (κ3) is 7.00. The highest BCUT2D eigenvalue weighted by molar-refractivity contribution is 6.06. The Morgan fingerprint density at radius 1 is 1.10 bits per heavy atom. The van der Waals surface area contributed by atoms with Crippen LogP contribution in [0, 0.1) is 10.8 Å². The second-order valence-electron chi connectivity index (χ2n) is 10.2. The molecule has 0 bridgehead atoms. The SMILES string of the molecule is CC(O)C1Oc2nc(Oc3cccc(NC(=N)N)c3)nc(Oc3ccc(C(=N)N)c(C(=O)OC(C)(C)C)c3)c2NC1=O. The minimum Gasteiger partial charge on any atom is -0.460 e. The van der Waals surface area contributed by atoms with Crippen molar-refractivity contribution in [2.75, 3.05) is 10.6 Å². The number of carbonyl (C=O) groups excluding carboxylic acids is 2. The van der Waals surface area contributed by atoms with Crippen LogP contribution in [0.3, 0.4) is 0 Å². The summed E-state index contributed by atoms with van der Waals surface area (Å²) < 4.78 is 22.9. The summed E-state index contributed by atoms with van der Waals surface area (Å²) in [7, 11) is 0. The van der Waals surface area contributed by atoms with Crippen molar-refractivity contribution in [1.82, 2.24) is 9.97 Å². The first kappa shape index (κ1) is 29.5. The van der Waals surface area contributed by atoms with E-state index in [1.54, 1.807) is 45.0 Å². The van der Waals surface area contributed by atoms with Crippen molar-refractivity contribution in [2.24, 2.45) is 11.5 Å². The minimum atomic E-state index is -1.27. The molecular weight excluding hydrogens is 548 g/mol. The van der Waals surface area contributed by atoms with Gasteiger partial charge in [-0.25, -0.2) is 4.79 Å². The van der Waals surface area contributed by atoms with Crippen LogP contribution in [0.5, 0.6) is 29.3 Å². The zero-order valence-electron chi connectivity index (χ0n) is 23.1. The Labute approximate surface area is 240 Å². The maximum absolute atomic E-state index is 12.9. The van der Waals surface area contributed by atoms with Gasteiger partial charge in [0.05, 0.1) is 11.7 Å². The van der Waals surface area contributed by atoms with E-state index >= 15 is 0 Å². The molecule has 0 fully saturated rings. The lowest BCUT2D eigenvalue weighted by Gasteiger charge is -2.27. The number of amidine groups is 1. The molecule has 2 atom stereocenters. The summed E-state index contributed by atoms with van der Waals surface area (Å²) in [6, 6.07) is 10.4. The van der Waals surface area contributed by atoms with Crippen molar-refractivity contribution in [2.45, 2.75) is 45.5 Å². The largest absolute Gasteiger partial charge is 0.460 e. The number of hydrogen-bond donors (Lipinski definition) is 7. The summed E-state index contributed by atoms with van der Waals surface area (Å²) in [5.74, 6) is -2.05. The molecule has 15 nitrogen and oxygen atoms in total. The number of nitrogens with one attached hydrogen (secondary N) is 4. The van der Waals surface area contributed by atoms with Crippen LogP contribution in [-0.2, 0) is 9.53 Å². The van der Waals surface area contributed by atoms with Gasteiger partial charge < -0.3 is 46.2 Å². The molecule has 1 aliphatic heterocycles. The van der Waals surface area contributed by atoms with Gasteiger partial charge in [0, 0.05) is 17.3 Å². The third-order valence-corrected chi connectivity index (χ3v) is 5.44. The fourth-order valence-electron chi connectivity index (χ4n) is 3.73. The Hall–Kier alpha value is -5.44. The van der Waals surface area contributed by atoms with Crippen molar-refractivity contribution in [3.05, 3.63) is 53.6 Å². The third-order valence-electron chi connectivity index (χ3n) is 5.44. The Morgan fingerprint density at radius 3 is 2.45 bits per heavy atom. The van der Waals surface area contributed by atoms with E-state index in [0.29, 0.717) is 5.69 Å². The summed E-state index contributed by atoms with van der Waals surface area (Å²) in [5.41, 5.74) is 10.8. The lowest BCUT2D eigenvalue weighted by molar-refractivity contribution is -0.128. The molecule has 3 aromatic rings. The molecule has 0 saturated carbocycles. The number of aliphatic hydroxyl groups is 1. The van der Waals surface area contributed by atoms with Crippen LogP contribution in [0.25, 0.3) is 0 Å². The number of rotatable bonds is 8. The van der Waals surface area contributed by atoms with Crippen LogP contribution in [0.15, 0.2) is 42.5 Å². The zero-order chi connectivity index (χ0) is 30.8. The van der Waals surface area contributed by atoms with Gasteiger partial charge in [-0.05, 0) is 58.0 Å². The Balaban J connectivity index is 1.75. The number of esters is 1. The van der Waals surface area contributed by atoms with Gasteiger partial charge in [-0.1, -0.05) is 6.07 Å². The van der Waals surface area contributed by atoms with Crippen LogP contribution in [0.1, 0.15) is 43.6 Å². The molecule has 2 heterocycles. The highest BCUT2D eigenvalue weighted by atomic mass is 16.6. The Morgan fingerprint density at radius 2 is 1.81 bits per heavy atom. The predicted octanol–water partition coefficient (Wildman–Crippen LogP) is 2.69. The van der Waals surface area contributed by atoms with E-state index < -0.39 is 29.7 Å². The standard InChI is InChI=1S/C27H30N8O7/c1-12(36)19-21(37)33-18-22(39-15-8-9-16(20(28)29)17(11-15)24(38)42-27(2,3)4)34-26(35-23(18)41-19)40-14-7-5-6-13(10-14)32-25(30)31/h5-12,19,36H,1-4H3,(H3,28,29)(H,33,37)(H4,30,31,32). The van der Waals surface area contributed by atoms with Gasteiger partial charge in [-0.2, -0.15) is 9.97 Å². The van der Waals surface area contributed by atoms with Crippen molar-refractivity contribution < 1.29 is 33.6 Å². The van der Waals surface area contributed by atoms with Crippen LogP contribution < -0.4 is 36.3 Å². The van der Waals surface area contributed by atoms with E-state index in [0.717, 1.165) is 0 Å². The summed E-state index contributed by atoms with van der Waals surface area (Å²) in [6.45, 7) is 6.47. The first-order valence-electron chi connectivity index (χ1n) is 12.6. The lowest BCUT2D eigenvalue weighted by Crippen LogP contribution is -2.44. The summed E-state index contributed by atoms with van der Waals surface area (Å²) in [4.78, 5) is 34.0. The molecule has 1 aliphatic rings. The normalized spacial score (nSPS) is 14.9. The maximum atomic E-state index is 12.9. The number of carbonyl (C=O) groups is 2. The van der Waals surface area contributed by atoms with Crippen molar-refractivity contribution >= 4 is 35.0 Å². The molecule has 220 valence electrons. The number of nitrogens with two attached hydrogens (primary N) is 2. The molecule has 2 aromatic carbocycles. The quantitative estimate of drug-likeness (QED) is 0.116. The fraction of sp³-hybridized carbons (Fsp3) is 0.259. The van der Waals surface area contributed by atoms with E-state index in [9.17, 15) is 14.7 Å². The molecule has 0 radical (unpaired) electrons. The van der Waals surface area contributed by atoms with Gasteiger partial charge in [0.15, 0.2) is 11.6 Å². The molecule has 4 rings (SSSR count). The molecular formula is C27H30N8O7. The number of aromatic nitrogens is 2. The van der Waals surface area contributed by atoms with Crippen molar-refractivity contribution in [3.63, 3.8) is 0 Å². The molecule has 0 aliphatic carbocycles. The summed E-state index contributed by atoms with van der Waals surface area (Å²) >= 11 is 0. The number of hydrogen-bond acceptors (Lipinski definition) is 11. The second kappa shape index (κ2) is 11.6. The predicted molar refractivity (Wildman–Crippen MR) is 152 cm³/mol. The summed E-state index contributed by atoms with van der Waals surface area (Å²) in [5, 5.41) is 30.5. The maximum Gasteiger partial charge on any atom is 0.339 e. The molecule has 2 unspecified atom stereocenters. The average Bonchev–Trinajstić information content (AvgIpc) is 2.87. The minimum absolute atomic E-state index is 0.0291. The first-order chi connectivity index (χ1) is 19.7. The number of aliphatic hydroxyl groups excluding tert-OH is 1. The number of anilines is 2. The first-order valence-corrected chi connectivity index (χ1v) is 12.6. The van der Waals surface area contributed by atoms with Crippen molar-refractivity contribution in [1.29, 1.82) is 10.8 Å². The van der Waals surface area contributed by atoms with Crippen LogP contribution in [0.4, 0.5) is 11.4 Å². The van der Waals surface area contributed by atoms with E-state index in [-0.39, 0.29) is 57.9 Å². The Kier molecular flexibility index (Phi) is 8.15. The number of guanidine groups is 1. The van der Waals surface area contributed by atoms with E-state index in [1.807, 2.05) is 0 Å². The lowest BCUT2D eigenvalue weighted by atomic mass is 10.1.